The van der Waals surface area contributed by atoms with E-state index in [1.807, 2.05) is 13.8 Å². The first-order valence-corrected chi connectivity index (χ1v) is 3.84. The fraction of sp³-hybridized carbons (Fsp3) is 0.750. The Morgan fingerprint density at radius 3 is 2.00 bits per heavy atom. The van der Waals surface area contributed by atoms with Gasteiger partial charge in [-0.2, -0.15) is 0 Å². The summed E-state index contributed by atoms with van der Waals surface area (Å²) in [6.45, 7) is 4.86. The van der Waals surface area contributed by atoms with Gasteiger partial charge in [0.15, 0.2) is 11.3 Å². The molecule has 1 atom stereocenters. The van der Waals surface area contributed by atoms with E-state index in [0.717, 1.165) is 0 Å². The molecule has 0 heterocycles. The molecule has 0 aliphatic heterocycles. The highest BCUT2D eigenvalue weighted by Crippen LogP contribution is 2.15. The molecule has 0 fully saturated rings. The molecule has 0 amide bonds. The fourth-order valence-corrected chi connectivity index (χ4v) is 1.03. The van der Waals surface area contributed by atoms with Crippen LogP contribution < -0.4 is 5.73 Å². The summed E-state index contributed by atoms with van der Waals surface area (Å²) < 4.78 is 0. The SMILES string of the molecule is CC(=O)[C@](N)(CC(C)C)C(=O)O. The molecule has 0 spiro atoms. The lowest BCUT2D eigenvalue weighted by Crippen LogP contribution is -2.54. The maximum absolute atomic E-state index is 10.9. The summed E-state index contributed by atoms with van der Waals surface area (Å²) in [4.78, 5) is 21.6. The molecule has 0 saturated carbocycles. The van der Waals surface area contributed by atoms with Crippen LogP contribution in [-0.2, 0) is 9.59 Å². The number of hydrogen-bond acceptors (Lipinski definition) is 3. The molecule has 4 nitrogen and oxygen atoms in total. The summed E-state index contributed by atoms with van der Waals surface area (Å²) in [5.41, 5.74) is 3.74. The maximum Gasteiger partial charge on any atom is 0.331 e. The largest absolute Gasteiger partial charge is 0.480 e. The van der Waals surface area contributed by atoms with E-state index >= 15 is 0 Å². The Labute approximate surface area is 71.8 Å². The zero-order valence-corrected chi connectivity index (χ0v) is 7.63. The van der Waals surface area contributed by atoms with Crippen molar-refractivity contribution in [1.29, 1.82) is 0 Å². The smallest absolute Gasteiger partial charge is 0.331 e. The molecule has 3 N–H and O–H groups in total. The molecular formula is C8H15NO3. The summed E-state index contributed by atoms with van der Waals surface area (Å²) in [6, 6.07) is 0. The van der Waals surface area contributed by atoms with E-state index in [1.165, 1.54) is 6.92 Å². The Morgan fingerprint density at radius 2 is 1.92 bits per heavy atom. The molecule has 0 aliphatic carbocycles. The molecular weight excluding hydrogens is 158 g/mol. The Bertz CT molecular complexity index is 184. The Morgan fingerprint density at radius 1 is 1.50 bits per heavy atom. The molecule has 70 valence electrons. The highest BCUT2D eigenvalue weighted by atomic mass is 16.4. The number of nitrogens with two attached hydrogens (primary N) is 1. The van der Waals surface area contributed by atoms with Crippen LogP contribution in [-0.4, -0.2) is 22.4 Å². The van der Waals surface area contributed by atoms with Gasteiger partial charge in [0.2, 0.25) is 0 Å². The van der Waals surface area contributed by atoms with Crippen LogP contribution in [0, 0.1) is 5.92 Å². The predicted molar refractivity (Wildman–Crippen MR) is 44.7 cm³/mol. The Balaban J connectivity index is 4.63. The first kappa shape index (κ1) is 11.1. The standard InChI is InChI=1S/C8H15NO3/c1-5(2)4-8(9,6(3)10)7(11)12/h5H,4,9H2,1-3H3,(H,11,12)/t8-/m1/s1. The lowest BCUT2D eigenvalue weighted by molar-refractivity contribution is -0.148. The molecule has 0 aromatic heterocycles. The second-order valence-electron chi connectivity index (χ2n) is 3.43. The zero-order chi connectivity index (χ0) is 9.94. The van der Waals surface area contributed by atoms with E-state index < -0.39 is 17.3 Å². The van der Waals surface area contributed by atoms with Crippen LogP contribution in [0.2, 0.25) is 0 Å². The summed E-state index contributed by atoms with van der Waals surface area (Å²) >= 11 is 0. The second kappa shape index (κ2) is 3.67. The second-order valence-corrected chi connectivity index (χ2v) is 3.43. The molecule has 0 radical (unpaired) electrons. The normalized spacial score (nSPS) is 15.8. The third-order valence-electron chi connectivity index (χ3n) is 1.74. The molecule has 0 bridgehead atoms. The summed E-state index contributed by atoms with van der Waals surface area (Å²) in [7, 11) is 0. The van der Waals surface area contributed by atoms with Crippen LogP contribution in [0.15, 0.2) is 0 Å². The van der Waals surface area contributed by atoms with Gasteiger partial charge in [-0.25, -0.2) is 4.79 Å². The molecule has 0 rings (SSSR count). The number of hydrogen-bond donors (Lipinski definition) is 2. The topological polar surface area (TPSA) is 80.4 Å². The molecule has 0 saturated heterocycles. The van der Waals surface area contributed by atoms with Crippen molar-refractivity contribution >= 4 is 11.8 Å². The van der Waals surface area contributed by atoms with Gasteiger partial charge in [0.05, 0.1) is 0 Å². The number of rotatable bonds is 4. The minimum atomic E-state index is -1.70. The van der Waals surface area contributed by atoms with Gasteiger partial charge in [-0.15, -0.1) is 0 Å². The molecule has 4 heteroatoms. The van der Waals surface area contributed by atoms with Crippen molar-refractivity contribution in [2.24, 2.45) is 11.7 Å². The van der Waals surface area contributed by atoms with E-state index in [9.17, 15) is 9.59 Å². The molecule has 0 aromatic carbocycles. The predicted octanol–water partition coefficient (Wildman–Crippen LogP) is 0.404. The third-order valence-corrected chi connectivity index (χ3v) is 1.74. The number of carboxylic acid groups (broad SMARTS) is 1. The van der Waals surface area contributed by atoms with Crippen LogP contribution in [0.1, 0.15) is 27.2 Å². The maximum atomic E-state index is 10.9. The highest BCUT2D eigenvalue weighted by Gasteiger charge is 2.39. The number of ketones is 1. The number of carbonyl (C=O) groups excluding carboxylic acids is 1. The van der Waals surface area contributed by atoms with Crippen molar-refractivity contribution < 1.29 is 14.7 Å². The quantitative estimate of drug-likeness (QED) is 0.603. The Hall–Kier alpha value is -0.900. The van der Waals surface area contributed by atoms with E-state index in [2.05, 4.69) is 0 Å². The van der Waals surface area contributed by atoms with Crippen molar-refractivity contribution in [3.8, 4) is 0 Å². The average molecular weight is 173 g/mol. The summed E-state index contributed by atoms with van der Waals surface area (Å²) in [5.74, 6) is -1.65. The van der Waals surface area contributed by atoms with Crippen LogP contribution >= 0.6 is 0 Å². The van der Waals surface area contributed by atoms with Crippen molar-refractivity contribution in [1.82, 2.24) is 0 Å². The molecule has 12 heavy (non-hydrogen) atoms. The van der Waals surface area contributed by atoms with Gasteiger partial charge in [-0.3, -0.25) is 4.79 Å². The molecule has 0 aromatic rings. The molecule has 0 unspecified atom stereocenters. The van der Waals surface area contributed by atoms with Gasteiger partial charge >= 0.3 is 5.97 Å². The zero-order valence-electron chi connectivity index (χ0n) is 7.63. The first-order valence-electron chi connectivity index (χ1n) is 3.84. The average Bonchev–Trinajstić information content (AvgIpc) is 1.84. The van der Waals surface area contributed by atoms with Gasteiger partial charge in [0, 0.05) is 0 Å². The van der Waals surface area contributed by atoms with E-state index in [1.54, 1.807) is 0 Å². The van der Waals surface area contributed by atoms with Crippen LogP contribution in [0.3, 0.4) is 0 Å². The lowest BCUT2D eigenvalue weighted by atomic mass is 9.87. The summed E-state index contributed by atoms with van der Waals surface area (Å²) in [5, 5.41) is 8.71. The van der Waals surface area contributed by atoms with Crippen molar-refractivity contribution in [3.05, 3.63) is 0 Å². The van der Waals surface area contributed by atoms with Crippen LogP contribution in [0.5, 0.6) is 0 Å². The van der Waals surface area contributed by atoms with Crippen molar-refractivity contribution in [3.63, 3.8) is 0 Å². The summed E-state index contributed by atoms with van der Waals surface area (Å²) in [6.07, 6.45) is 0.178. The first-order chi connectivity index (χ1) is 5.30. The number of carbonyl (C=O) groups is 2. The van der Waals surface area contributed by atoms with Crippen LogP contribution in [0.4, 0.5) is 0 Å². The lowest BCUT2D eigenvalue weighted by Gasteiger charge is -2.23. The third kappa shape index (κ3) is 2.30. The van der Waals surface area contributed by atoms with E-state index in [4.69, 9.17) is 10.8 Å². The van der Waals surface area contributed by atoms with Gasteiger partial charge in [-0.05, 0) is 19.3 Å². The Kier molecular flexibility index (Phi) is 3.39. The number of Topliss-reactive ketones (excluding diaryl/α,β-unsaturated/α-hetero) is 1. The van der Waals surface area contributed by atoms with Gasteiger partial charge in [0.25, 0.3) is 0 Å². The number of carboxylic acids is 1. The van der Waals surface area contributed by atoms with Crippen molar-refractivity contribution in [2.75, 3.05) is 0 Å². The van der Waals surface area contributed by atoms with Gasteiger partial charge in [-0.1, -0.05) is 13.8 Å². The monoisotopic (exact) mass is 173 g/mol. The van der Waals surface area contributed by atoms with E-state index in [0.29, 0.717) is 0 Å². The minimum absolute atomic E-state index is 0.0926. The van der Waals surface area contributed by atoms with Gasteiger partial charge in [0.1, 0.15) is 0 Å². The van der Waals surface area contributed by atoms with Gasteiger partial charge < -0.3 is 10.8 Å². The van der Waals surface area contributed by atoms with Crippen molar-refractivity contribution in [2.45, 2.75) is 32.7 Å². The van der Waals surface area contributed by atoms with E-state index in [-0.39, 0.29) is 12.3 Å². The molecule has 0 aliphatic rings. The minimum Gasteiger partial charge on any atom is -0.480 e. The fourth-order valence-electron chi connectivity index (χ4n) is 1.03. The van der Waals surface area contributed by atoms with Crippen LogP contribution in [0.25, 0.3) is 0 Å². The number of aliphatic carboxylic acids is 1. The highest BCUT2D eigenvalue weighted by molar-refractivity contribution is 6.06.